The molecule has 0 aliphatic carbocycles. The summed E-state index contributed by atoms with van der Waals surface area (Å²) in [6, 6.07) is 1.51. The van der Waals surface area contributed by atoms with Gasteiger partial charge in [0, 0.05) is 31.4 Å². The number of hydrogen-bond donors (Lipinski definition) is 0. The van der Waals surface area contributed by atoms with E-state index in [1.807, 2.05) is 0 Å². The summed E-state index contributed by atoms with van der Waals surface area (Å²) in [5.41, 5.74) is -1.24. The van der Waals surface area contributed by atoms with Crippen LogP contribution in [0.25, 0.3) is 5.82 Å². The van der Waals surface area contributed by atoms with Gasteiger partial charge in [-0.3, -0.25) is 4.79 Å². The van der Waals surface area contributed by atoms with Crippen LogP contribution in [-0.2, 0) is 12.6 Å². The van der Waals surface area contributed by atoms with Gasteiger partial charge in [0.25, 0.3) is 5.91 Å². The van der Waals surface area contributed by atoms with Gasteiger partial charge in [-0.15, -0.1) is 5.10 Å². The van der Waals surface area contributed by atoms with Crippen molar-refractivity contribution in [2.24, 2.45) is 0 Å². The van der Waals surface area contributed by atoms with E-state index in [-0.39, 0.29) is 6.54 Å². The van der Waals surface area contributed by atoms with Crippen molar-refractivity contribution < 1.29 is 22.4 Å². The van der Waals surface area contributed by atoms with E-state index in [0.29, 0.717) is 35.5 Å². The molecule has 1 unspecified atom stereocenters. The Morgan fingerprint density at radius 3 is 2.63 bits per heavy atom. The predicted molar refractivity (Wildman–Crippen MR) is 94.0 cm³/mol. The maximum absolute atomic E-state index is 14.4. The van der Waals surface area contributed by atoms with Crippen LogP contribution in [0.3, 0.4) is 0 Å². The van der Waals surface area contributed by atoms with E-state index in [0.717, 1.165) is 6.20 Å². The number of hydrogen-bond acceptors (Lipinski definition) is 6. The van der Waals surface area contributed by atoms with Gasteiger partial charge in [0.05, 0.1) is 17.3 Å². The Morgan fingerprint density at radius 2 is 1.93 bits per heavy atom. The summed E-state index contributed by atoms with van der Waals surface area (Å²) in [6.07, 6.45) is -2.27. The Balaban J connectivity index is 1.67. The molecule has 4 rings (SSSR count). The van der Waals surface area contributed by atoms with E-state index in [1.165, 1.54) is 9.58 Å². The summed E-state index contributed by atoms with van der Waals surface area (Å²) in [5, 5.41) is 8.20. The van der Waals surface area contributed by atoms with Crippen molar-refractivity contribution in [3.8, 4) is 5.82 Å². The van der Waals surface area contributed by atoms with Crippen LogP contribution in [0.1, 0.15) is 46.2 Å². The van der Waals surface area contributed by atoms with Crippen LogP contribution in [0.15, 0.2) is 24.5 Å². The lowest BCUT2D eigenvalue weighted by atomic mass is 10.0. The summed E-state index contributed by atoms with van der Waals surface area (Å²) < 4.78 is 54.8. The topological polar surface area (TPSA) is 89.7 Å². The van der Waals surface area contributed by atoms with Crippen molar-refractivity contribution in [1.29, 1.82) is 0 Å². The van der Waals surface area contributed by atoms with Gasteiger partial charge >= 0.3 is 6.18 Å². The number of alkyl halides is 3. The predicted octanol–water partition coefficient (Wildman–Crippen LogP) is 2.68. The SMILES string of the molecule is Cc1nccc(-n2nnc3c2CCN(C(=O)c2nccc(C(F)(F)F)c2F)C3C)n1. The molecule has 0 radical (unpaired) electrons. The van der Waals surface area contributed by atoms with Crippen LogP contribution in [-0.4, -0.2) is 47.3 Å². The third kappa shape index (κ3) is 3.27. The second-order valence-corrected chi connectivity index (χ2v) is 6.74. The molecule has 0 saturated heterocycles. The average Bonchev–Trinajstić information content (AvgIpc) is 3.12. The molecule has 0 N–H and O–H groups in total. The first-order valence-corrected chi connectivity index (χ1v) is 8.95. The number of aryl methyl sites for hydroxylation is 1. The van der Waals surface area contributed by atoms with Gasteiger partial charge in [0.1, 0.15) is 11.5 Å². The lowest BCUT2D eigenvalue weighted by Gasteiger charge is -2.32. The van der Waals surface area contributed by atoms with E-state index in [1.54, 1.807) is 26.1 Å². The standard InChI is InChI=1S/C18H15F4N7O/c1-9-15-12(29(27-26-15)13-4-7-23-10(2)25-13)5-8-28(9)17(30)16-14(19)11(3-6-24-16)18(20,21)22/h3-4,6-7,9H,5,8H2,1-2H3. The van der Waals surface area contributed by atoms with Gasteiger partial charge in [0.2, 0.25) is 0 Å². The Bertz CT molecular complexity index is 1130. The van der Waals surface area contributed by atoms with Gasteiger partial charge < -0.3 is 4.90 Å². The minimum atomic E-state index is -4.93. The molecule has 3 aromatic rings. The van der Waals surface area contributed by atoms with Crippen molar-refractivity contribution in [3.05, 3.63) is 58.8 Å². The van der Waals surface area contributed by atoms with E-state index >= 15 is 0 Å². The molecule has 0 fully saturated rings. The number of halogens is 4. The number of fused-ring (bicyclic) bond motifs is 1. The maximum atomic E-state index is 14.4. The van der Waals surface area contributed by atoms with Gasteiger partial charge in [-0.05, 0) is 19.9 Å². The monoisotopic (exact) mass is 421 g/mol. The third-order valence-corrected chi connectivity index (χ3v) is 4.88. The van der Waals surface area contributed by atoms with Crippen LogP contribution in [0.2, 0.25) is 0 Å². The van der Waals surface area contributed by atoms with E-state index in [9.17, 15) is 22.4 Å². The van der Waals surface area contributed by atoms with Crippen LogP contribution < -0.4 is 0 Å². The fraction of sp³-hybridized carbons (Fsp3) is 0.333. The van der Waals surface area contributed by atoms with Crippen molar-refractivity contribution in [2.75, 3.05) is 6.54 Å². The summed E-state index contributed by atoms with van der Waals surface area (Å²) >= 11 is 0. The fourth-order valence-corrected chi connectivity index (χ4v) is 3.41. The highest BCUT2D eigenvalue weighted by Gasteiger charge is 2.39. The molecular formula is C18H15F4N7O. The fourth-order valence-electron chi connectivity index (χ4n) is 3.41. The minimum absolute atomic E-state index is 0.127. The molecule has 30 heavy (non-hydrogen) atoms. The second-order valence-electron chi connectivity index (χ2n) is 6.74. The highest BCUT2D eigenvalue weighted by Crippen LogP contribution is 2.34. The van der Waals surface area contributed by atoms with Crippen molar-refractivity contribution in [2.45, 2.75) is 32.5 Å². The average molecular weight is 421 g/mol. The number of carbonyl (C=O) groups excluding carboxylic acids is 1. The van der Waals surface area contributed by atoms with Crippen LogP contribution in [0.4, 0.5) is 17.6 Å². The number of rotatable bonds is 2. The highest BCUT2D eigenvalue weighted by molar-refractivity contribution is 5.93. The molecule has 1 atom stereocenters. The van der Waals surface area contributed by atoms with Crippen molar-refractivity contribution in [3.63, 3.8) is 0 Å². The van der Waals surface area contributed by atoms with Crippen molar-refractivity contribution >= 4 is 5.91 Å². The zero-order valence-corrected chi connectivity index (χ0v) is 15.9. The molecule has 4 heterocycles. The first-order valence-electron chi connectivity index (χ1n) is 8.95. The molecule has 156 valence electrons. The summed E-state index contributed by atoms with van der Waals surface area (Å²) in [5.74, 6) is -1.57. The quantitative estimate of drug-likeness (QED) is 0.591. The Morgan fingerprint density at radius 1 is 1.20 bits per heavy atom. The van der Waals surface area contributed by atoms with Gasteiger partial charge in [-0.25, -0.2) is 19.3 Å². The molecule has 3 aromatic heterocycles. The van der Waals surface area contributed by atoms with Gasteiger partial charge in [-0.2, -0.15) is 17.9 Å². The molecule has 12 heteroatoms. The molecular weight excluding hydrogens is 406 g/mol. The Kier molecular flexibility index (Phi) is 4.71. The van der Waals surface area contributed by atoms with E-state index in [4.69, 9.17) is 0 Å². The lowest BCUT2D eigenvalue weighted by molar-refractivity contribution is -0.140. The van der Waals surface area contributed by atoms with E-state index in [2.05, 4.69) is 25.3 Å². The molecule has 1 aliphatic heterocycles. The number of pyridine rings is 1. The number of aromatic nitrogens is 6. The Hall–Kier alpha value is -3.44. The summed E-state index contributed by atoms with van der Waals surface area (Å²) in [7, 11) is 0. The molecule has 1 amide bonds. The van der Waals surface area contributed by atoms with Crippen LogP contribution in [0, 0.1) is 12.7 Å². The molecule has 0 saturated carbocycles. The molecule has 1 aliphatic rings. The maximum Gasteiger partial charge on any atom is 0.419 e. The Labute approximate surface area is 167 Å². The van der Waals surface area contributed by atoms with Gasteiger partial charge in [-0.1, -0.05) is 5.21 Å². The van der Waals surface area contributed by atoms with Gasteiger partial charge in [0.15, 0.2) is 17.3 Å². The minimum Gasteiger partial charge on any atom is -0.328 e. The van der Waals surface area contributed by atoms with Crippen molar-refractivity contribution in [1.82, 2.24) is 34.8 Å². The zero-order valence-electron chi connectivity index (χ0n) is 15.9. The third-order valence-electron chi connectivity index (χ3n) is 4.88. The van der Waals surface area contributed by atoms with Crippen LogP contribution in [0.5, 0.6) is 0 Å². The smallest absolute Gasteiger partial charge is 0.328 e. The van der Waals surface area contributed by atoms with Crippen LogP contribution >= 0.6 is 0 Å². The molecule has 0 aromatic carbocycles. The largest absolute Gasteiger partial charge is 0.419 e. The summed E-state index contributed by atoms with van der Waals surface area (Å²) in [4.78, 5) is 25.9. The lowest BCUT2D eigenvalue weighted by Crippen LogP contribution is -2.40. The number of amides is 1. The summed E-state index contributed by atoms with van der Waals surface area (Å²) in [6.45, 7) is 3.50. The molecule has 0 bridgehead atoms. The second kappa shape index (κ2) is 7.11. The highest BCUT2D eigenvalue weighted by atomic mass is 19.4. The normalized spacial score (nSPS) is 16.5. The molecule has 8 nitrogen and oxygen atoms in total. The zero-order chi connectivity index (χ0) is 21.6. The number of carbonyl (C=O) groups is 1. The molecule has 0 spiro atoms. The van der Waals surface area contributed by atoms with E-state index < -0.39 is 35.2 Å². The number of nitrogens with zero attached hydrogens (tertiary/aromatic N) is 7. The first-order chi connectivity index (χ1) is 14.2. The first kappa shape index (κ1) is 19.9.